The molecule has 0 aliphatic heterocycles. The second-order valence-electron chi connectivity index (χ2n) is 5.02. The predicted octanol–water partition coefficient (Wildman–Crippen LogP) is 3.04. The number of nitrogens with zero attached hydrogens (tertiary/aromatic N) is 1. The van der Waals surface area contributed by atoms with Crippen LogP contribution in [0.2, 0.25) is 10.0 Å². The highest BCUT2D eigenvalue weighted by atomic mass is 35.5. The fraction of sp³-hybridized carbons (Fsp3) is 0.143. The highest BCUT2D eigenvalue weighted by Crippen LogP contribution is 2.25. The minimum Gasteiger partial charge on any atom is -0.280 e. The Hall–Kier alpha value is -1.32. The fourth-order valence-electron chi connectivity index (χ4n) is 1.83. The molecule has 0 aliphatic carbocycles. The Morgan fingerprint density at radius 3 is 1.75 bits per heavy atom. The molecule has 0 unspecified atom stereocenters. The quantitative estimate of drug-likeness (QED) is 0.823. The third-order valence-electron chi connectivity index (χ3n) is 3.03. The van der Waals surface area contributed by atoms with Gasteiger partial charge in [0.1, 0.15) is 0 Å². The van der Waals surface area contributed by atoms with E-state index in [-0.39, 0.29) is 25.5 Å². The Morgan fingerprint density at radius 1 is 0.833 bits per heavy atom. The van der Waals surface area contributed by atoms with Crippen LogP contribution in [0.25, 0.3) is 0 Å². The third-order valence-corrected chi connectivity index (χ3v) is 6.69. The van der Waals surface area contributed by atoms with Crippen LogP contribution in [0.5, 0.6) is 0 Å². The lowest BCUT2D eigenvalue weighted by Gasteiger charge is -2.12. The maximum Gasteiger partial charge on any atom is 0.261 e. The number of halogens is 2. The lowest BCUT2D eigenvalue weighted by atomic mass is 10.3. The summed E-state index contributed by atoms with van der Waals surface area (Å²) in [6.07, 6.45) is 0. The summed E-state index contributed by atoms with van der Waals surface area (Å²) in [4.78, 5) is -0.0893. The predicted molar refractivity (Wildman–Crippen MR) is 94.6 cm³/mol. The first-order valence-corrected chi connectivity index (χ1v) is 10.2. The molecule has 2 aromatic rings. The first-order chi connectivity index (χ1) is 11.0. The molecule has 0 heterocycles. The molecule has 2 aromatic carbocycles. The average molecular weight is 409 g/mol. The van der Waals surface area contributed by atoms with Gasteiger partial charge in [-0.1, -0.05) is 23.2 Å². The average Bonchev–Trinajstić information content (AvgIpc) is 2.45. The summed E-state index contributed by atoms with van der Waals surface area (Å²) in [6, 6.07) is 9.19. The second kappa shape index (κ2) is 6.89. The largest absolute Gasteiger partial charge is 0.280 e. The Morgan fingerprint density at radius 2 is 1.29 bits per heavy atom. The number of sulfonamides is 2. The van der Waals surface area contributed by atoms with Gasteiger partial charge in [-0.15, -0.1) is 0 Å². The number of hydrogen-bond acceptors (Lipinski definition) is 4. The summed E-state index contributed by atoms with van der Waals surface area (Å²) in [5.74, 6) is 0. The van der Waals surface area contributed by atoms with E-state index in [0.717, 1.165) is 4.31 Å². The van der Waals surface area contributed by atoms with Gasteiger partial charge in [0.2, 0.25) is 10.0 Å². The summed E-state index contributed by atoms with van der Waals surface area (Å²) in [6.45, 7) is 0. The Balaban J connectivity index is 2.33. The number of hydrogen-bond donors (Lipinski definition) is 1. The van der Waals surface area contributed by atoms with E-state index >= 15 is 0 Å². The van der Waals surface area contributed by atoms with E-state index in [9.17, 15) is 16.8 Å². The van der Waals surface area contributed by atoms with Gasteiger partial charge in [-0.2, -0.15) is 0 Å². The van der Waals surface area contributed by atoms with Crippen LogP contribution < -0.4 is 4.72 Å². The molecule has 130 valence electrons. The normalized spacial score (nSPS) is 12.4. The summed E-state index contributed by atoms with van der Waals surface area (Å²) in [5, 5.41) is 0.570. The Kier molecular flexibility index (Phi) is 5.46. The van der Waals surface area contributed by atoms with Crippen molar-refractivity contribution in [2.45, 2.75) is 9.79 Å². The molecule has 0 amide bonds. The smallest absolute Gasteiger partial charge is 0.261 e. The molecule has 1 N–H and O–H groups in total. The van der Waals surface area contributed by atoms with Crippen LogP contribution in [0.15, 0.2) is 52.3 Å². The van der Waals surface area contributed by atoms with Gasteiger partial charge >= 0.3 is 0 Å². The maximum atomic E-state index is 12.4. The number of benzene rings is 2. The van der Waals surface area contributed by atoms with Crippen LogP contribution in [0.3, 0.4) is 0 Å². The van der Waals surface area contributed by atoms with Crippen LogP contribution in [-0.2, 0) is 20.0 Å². The van der Waals surface area contributed by atoms with Gasteiger partial charge in [0.25, 0.3) is 10.0 Å². The van der Waals surface area contributed by atoms with Crippen molar-refractivity contribution in [1.29, 1.82) is 0 Å². The molecule has 2 rings (SSSR count). The molecule has 0 spiro atoms. The summed E-state index contributed by atoms with van der Waals surface area (Å²) < 4.78 is 52.1. The van der Waals surface area contributed by atoms with Gasteiger partial charge in [0, 0.05) is 24.1 Å². The number of anilines is 1. The van der Waals surface area contributed by atoms with Gasteiger partial charge in [-0.25, -0.2) is 21.1 Å². The minimum absolute atomic E-state index is 0.00255. The summed E-state index contributed by atoms with van der Waals surface area (Å²) in [7, 11) is -4.74. The van der Waals surface area contributed by atoms with E-state index in [4.69, 9.17) is 23.2 Å². The lowest BCUT2D eigenvalue weighted by molar-refractivity contribution is 0.520. The maximum absolute atomic E-state index is 12.4. The molecular formula is C14H14Cl2N2O4S2. The zero-order valence-corrected chi connectivity index (χ0v) is 15.8. The zero-order valence-electron chi connectivity index (χ0n) is 12.7. The minimum atomic E-state index is -3.91. The monoisotopic (exact) mass is 408 g/mol. The molecule has 0 saturated heterocycles. The molecule has 6 nitrogen and oxygen atoms in total. The van der Waals surface area contributed by atoms with Crippen LogP contribution >= 0.6 is 23.2 Å². The van der Waals surface area contributed by atoms with E-state index in [1.54, 1.807) is 0 Å². The fourth-order valence-corrected chi connectivity index (χ4v) is 4.30. The van der Waals surface area contributed by atoms with Crippen molar-refractivity contribution in [2.75, 3.05) is 18.8 Å². The molecule has 0 aromatic heterocycles. The topological polar surface area (TPSA) is 83.6 Å². The van der Waals surface area contributed by atoms with E-state index < -0.39 is 20.0 Å². The zero-order chi connectivity index (χ0) is 18.1. The highest BCUT2D eigenvalue weighted by molar-refractivity contribution is 7.92. The van der Waals surface area contributed by atoms with Gasteiger partial charge in [0.15, 0.2) is 0 Å². The summed E-state index contributed by atoms with van der Waals surface area (Å²) >= 11 is 11.7. The molecule has 0 bridgehead atoms. The van der Waals surface area contributed by atoms with Crippen LogP contribution in [0.4, 0.5) is 5.69 Å². The molecular weight excluding hydrogens is 395 g/mol. The SMILES string of the molecule is CN(C)S(=O)(=O)c1ccc(S(=O)(=O)Nc2cc(Cl)cc(Cl)c2)cc1. The van der Waals surface area contributed by atoms with E-state index in [0.29, 0.717) is 0 Å². The van der Waals surface area contributed by atoms with Crippen molar-refractivity contribution in [3.63, 3.8) is 0 Å². The van der Waals surface area contributed by atoms with Gasteiger partial charge < -0.3 is 0 Å². The van der Waals surface area contributed by atoms with Gasteiger partial charge in [0.05, 0.1) is 15.5 Å². The first-order valence-electron chi connectivity index (χ1n) is 6.54. The Labute approximate surface area is 151 Å². The first kappa shape index (κ1) is 19.0. The van der Waals surface area contributed by atoms with Crippen LogP contribution in [-0.4, -0.2) is 35.2 Å². The van der Waals surface area contributed by atoms with E-state index in [1.165, 1.54) is 56.6 Å². The van der Waals surface area contributed by atoms with Crippen molar-refractivity contribution in [3.05, 3.63) is 52.5 Å². The van der Waals surface area contributed by atoms with Crippen molar-refractivity contribution < 1.29 is 16.8 Å². The van der Waals surface area contributed by atoms with Crippen molar-refractivity contribution in [2.24, 2.45) is 0 Å². The number of rotatable bonds is 5. The van der Waals surface area contributed by atoms with Crippen molar-refractivity contribution >= 4 is 48.9 Å². The molecule has 24 heavy (non-hydrogen) atoms. The van der Waals surface area contributed by atoms with Gasteiger partial charge in [-0.05, 0) is 42.5 Å². The highest BCUT2D eigenvalue weighted by Gasteiger charge is 2.20. The van der Waals surface area contributed by atoms with Crippen molar-refractivity contribution in [3.8, 4) is 0 Å². The molecule has 0 atom stereocenters. The number of nitrogens with one attached hydrogen (secondary N) is 1. The van der Waals surface area contributed by atoms with Crippen LogP contribution in [0.1, 0.15) is 0 Å². The summed E-state index contributed by atoms with van der Waals surface area (Å²) in [5.41, 5.74) is 0.206. The Bertz CT molecular complexity index is 937. The molecule has 0 aliphatic rings. The second-order valence-corrected chi connectivity index (χ2v) is 9.73. The van der Waals surface area contributed by atoms with Gasteiger partial charge in [-0.3, -0.25) is 4.72 Å². The molecule has 10 heteroatoms. The van der Waals surface area contributed by atoms with Crippen LogP contribution in [0, 0.1) is 0 Å². The molecule has 0 fully saturated rings. The van der Waals surface area contributed by atoms with E-state index in [2.05, 4.69) is 4.72 Å². The lowest BCUT2D eigenvalue weighted by Crippen LogP contribution is -2.22. The van der Waals surface area contributed by atoms with E-state index in [1.807, 2.05) is 0 Å². The standard InChI is InChI=1S/C14H14Cl2N2O4S2/c1-18(2)24(21,22)14-5-3-13(4-6-14)23(19,20)17-12-8-10(15)7-11(16)9-12/h3-9,17H,1-2H3. The third kappa shape index (κ3) is 4.20. The molecule has 0 radical (unpaired) electrons. The van der Waals surface area contributed by atoms with Crippen molar-refractivity contribution in [1.82, 2.24) is 4.31 Å². The molecule has 0 saturated carbocycles.